The first-order valence-corrected chi connectivity index (χ1v) is 8.69. The molecule has 2 atom stereocenters. The Morgan fingerprint density at radius 3 is 2.85 bits per heavy atom. The Kier molecular flexibility index (Phi) is 6.01. The van der Waals surface area contributed by atoms with Crippen LogP contribution < -0.4 is 10.2 Å². The van der Waals surface area contributed by atoms with E-state index in [0.29, 0.717) is 6.54 Å². The molecule has 0 unspecified atom stereocenters. The first-order valence-electron chi connectivity index (χ1n) is 8.69. The number of aromatic nitrogens is 2. The van der Waals surface area contributed by atoms with Crippen molar-refractivity contribution in [1.82, 2.24) is 15.3 Å². The number of nitrogens with zero attached hydrogens (tertiary/aromatic N) is 3. The fraction of sp³-hybridized carbons (Fsp3) is 0.421. The molecule has 1 aromatic carbocycles. The highest BCUT2D eigenvalue weighted by molar-refractivity contribution is 5.67. The van der Waals surface area contributed by atoms with Crippen LogP contribution in [0.4, 0.5) is 10.6 Å². The molecule has 0 saturated carbocycles. The molecule has 1 saturated heterocycles. The van der Waals surface area contributed by atoms with Crippen LogP contribution in [0.15, 0.2) is 42.7 Å². The second-order valence-corrected chi connectivity index (χ2v) is 6.34. The van der Waals surface area contributed by atoms with Crippen LogP contribution in [0.5, 0.6) is 0 Å². The number of aryl methyl sites for hydroxylation is 1. The van der Waals surface area contributed by atoms with Crippen molar-refractivity contribution in [2.24, 2.45) is 0 Å². The summed E-state index contributed by atoms with van der Waals surface area (Å²) in [6, 6.07) is 11.5. The van der Waals surface area contributed by atoms with E-state index in [2.05, 4.69) is 20.2 Å². The zero-order valence-corrected chi connectivity index (χ0v) is 15.1. The Labute approximate surface area is 153 Å². The Balaban J connectivity index is 1.53. The van der Waals surface area contributed by atoms with Gasteiger partial charge in [0, 0.05) is 32.0 Å². The van der Waals surface area contributed by atoms with Gasteiger partial charge in [0.2, 0.25) is 0 Å². The van der Waals surface area contributed by atoms with E-state index in [4.69, 9.17) is 9.47 Å². The third-order valence-electron chi connectivity index (χ3n) is 4.49. The van der Waals surface area contributed by atoms with E-state index in [1.54, 1.807) is 13.4 Å². The van der Waals surface area contributed by atoms with Crippen LogP contribution in [0.3, 0.4) is 0 Å². The topological polar surface area (TPSA) is 76.6 Å². The summed E-state index contributed by atoms with van der Waals surface area (Å²) in [5, 5.41) is 2.93. The molecule has 1 aromatic heterocycles. The van der Waals surface area contributed by atoms with Crippen molar-refractivity contribution in [3.05, 3.63) is 54.0 Å². The average Bonchev–Trinajstić information content (AvgIpc) is 2.67. The molecule has 0 aliphatic carbocycles. The number of hydrogen-bond donors (Lipinski definition) is 1. The van der Waals surface area contributed by atoms with Gasteiger partial charge < -0.3 is 19.7 Å². The monoisotopic (exact) mass is 356 g/mol. The molecule has 7 heteroatoms. The second kappa shape index (κ2) is 8.62. The molecular formula is C19H24N4O3. The van der Waals surface area contributed by atoms with E-state index < -0.39 is 6.09 Å². The van der Waals surface area contributed by atoms with Crippen molar-refractivity contribution in [3.63, 3.8) is 0 Å². The summed E-state index contributed by atoms with van der Waals surface area (Å²) >= 11 is 0. The van der Waals surface area contributed by atoms with Crippen molar-refractivity contribution in [1.29, 1.82) is 0 Å². The normalized spacial score (nSPS) is 19.8. The van der Waals surface area contributed by atoms with Gasteiger partial charge in [0.1, 0.15) is 18.8 Å². The predicted octanol–water partition coefficient (Wildman–Crippen LogP) is 2.31. The zero-order chi connectivity index (χ0) is 18.4. The van der Waals surface area contributed by atoms with Gasteiger partial charge in [0.15, 0.2) is 0 Å². The number of hydrogen-bond acceptors (Lipinski definition) is 6. The number of ether oxygens (including phenoxy) is 2. The van der Waals surface area contributed by atoms with Crippen LogP contribution in [0.25, 0.3) is 0 Å². The Bertz CT molecular complexity index is 726. The van der Waals surface area contributed by atoms with E-state index in [1.165, 1.54) is 0 Å². The maximum Gasteiger partial charge on any atom is 0.407 e. The highest BCUT2D eigenvalue weighted by Gasteiger charge is 2.31. The first kappa shape index (κ1) is 18.1. The SMILES string of the molecule is CO[C@H]1CN(c2cc(C)ncn2)CC[C@H]1NC(=O)OCc1ccccc1. The fourth-order valence-electron chi connectivity index (χ4n) is 3.06. The summed E-state index contributed by atoms with van der Waals surface area (Å²) in [5.41, 5.74) is 1.88. The lowest BCUT2D eigenvalue weighted by Gasteiger charge is -2.38. The molecule has 0 radical (unpaired) electrons. The number of rotatable bonds is 5. The highest BCUT2D eigenvalue weighted by Crippen LogP contribution is 2.20. The standard InChI is InChI=1S/C19H24N4O3/c1-14-10-18(21-13-20-14)23-9-8-16(17(11-23)25-2)22-19(24)26-12-15-6-4-3-5-7-15/h3-7,10,13,16-17H,8-9,11-12H2,1-2H3,(H,22,24)/t16-,17+/m1/s1. The second-order valence-electron chi connectivity index (χ2n) is 6.34. The molecule has 0 spiro atoms. The van der Waals surface area contributed by atoms with Gasteiger partial charge in [0.25, 0.3) is 0 Å². The van der Waals surface area contributed by atoms with Crippen molar-refractivity contribution >= 4 is 11.9 Å². The van der Waals surface area contributed by atoms with Crippen LogP contribution in [0, 0.1) is 6.92 Å². The molecular weight excluding hydrogens is 332 g/mol. The van der Waals surface area contributed by atoms with Gasteiger partial charge in [-0.25, -0.2) is 14.8 Å². The third kappa shape index (κ3) is 4.70. The molecule has 7 nitrogen and oxygen atoms in total. The number of nitrogens with one attached hydrogen (secondary N) is 1. The van der Waals surface area contributed by atoms with Gasteiger partial charge in [-0.15, -0.1) is 0 Å². The van der Waals surface area contributed by atoms with Crippen LogP contribution in [0.2, 0.25) is 0 Å². The zero-order valence-electron chi connectivity index (χ0n) is 15.1. The number of carbonyl (C=O) groups excluding carboxylic acids is 1. The van der Waals surface area contributed by atoms with Crippen LogP contribution in [0.1, 0.15) is 17.7 Å². The molecule has 1 amide bonds. The van der Waals surface area contributed by atoms with Crippen LogP contribution in [-0.4, -0.2) is 48.4 Å². The Morgan fingerprint density at radius 1 is 1.31 bits per heavy atom. The minimum Gasteiger partial charge on any atom is -0.445 e. The van der Waals surface area contributed by atoms with Gasteiger partial charge in [-0.05, 0) is 18.9 Å². The molecule has 3 rings (SSSR count). The van der Waals surface area contributed by atoms with E-state index >= 15 is 0 Å². The Morgan fingerprint density at radius 2 is 2.12 bits per heavy atom. The molecule has 138 valence electrons. The number of anilines is 1. The summed E-state index contributed by atoms with van der Waals surface area (Å²) in [5.74, 6) is 0.879. The summed E-state index contributed by atoms with van der Waals surface area (Å²) in [7, 11) is 1.66. The average molecular weight is 356 g/mol. The van der Waals surface area contributed by atoms with Gasteiger partial charge in [-0.2, -0.15) is 0 Å². The quantitative estimate of drug-likeness (QED) is 0.886. The molecule has 1 fully saturated rings. The highest BCUT2D eigenvalue weighted by atomic mass is 16.5. The van der Waals surface area contributed by atoms with Crippen LogP contribution in [-0.2, 0) is 16.1 Å². The van der Waals surface area contributed by atoms with Crippen molar-refractivity contribution in [3.8, 4) is 0 Å². The number of methoxy groups -OCH3 is 1. The number of alkyl carbamates (subject to hydrolysis) is 1. The lowest BCUT2D eigenvalue weighted by Crippen LogP contribution is -2.55. The molecule has 1 aliphatic rings. The van der Waals surface area contributed by atoms with Gasteiger partial charge >= 0.3 is 6.09 Å². The summed E-state index contributed by atoms with van der Waals surface area (Å²) in [6.07, 6.45) is 1.76. The summed E-state index contributed by atoms with van der Waals surface area (Å²) in [4.78, 5) is 22.7. The van der Waals surface area contributed by atoms with Gasteiger partial charge in [0.05, 0.1) is 12.1 Å². The minimum absolute atomic E-state index is 0.0949. The van der Waals surface area contributed by atoms with Crippen LogP contribution >= 0.6 is 0 Å². The molecule has 2 heterocycles. The summed E-state index contributed by atoms with van der Waals surface area (Å²) < 4.78 is 10.9. The Hall–Kier alpha value is -2.67. The maximum absolute atomic E-state index is 12.1. The lowest BCUT2D eigenvalue weighted by atomic mass is 10.0. The molecule has 0 bridgehead atoms. The predicted molar refractivity (Wildman–Crippen MR) is 97.9 cm³/mol. The number of piperidine rings is 1. The minimum atomic E-state index is -0.424. The van der Waals surface area contributed by atoms with E-state index in [9.17, 15) is 4.79 Å². The number of benzene rings is 1. The van der Waals surface area contributed by atoms with Crippen molar-refractivity contribution in [2.45, 2.75) is 32.1 Å². The largest absolute Gasteiger partial charge is 0.445 e. The smallest absolute Gasteiger partial charge is 0.407 e. The summed E-state index contributed by atoms with van der Waals surface area (Å²) in [6.45, 7) is 3.62. The number of carbonyl (C=O) groups is 1. The van der Waals surface area contributed by atoms with E-state index in [0.717, 1.165) is 30.0 Å². The van der Waals surface area contributed by atoms with Crippen molar-refractivity contribution in [2.75, 3.05) is 25.1 Å². The maximum atomic E-state index is 12.1. The van der Waals surface area contributed by atoms with Crippen molar-refractivity contribution < 1.29 is 14.3 Å². The van der Waals surface area contributed by atoms with E-state index in [-0.39, 0.29) is 18.8 Å². The van der Waals surface area contributed by atoms with Gasteiger partial charge in [-0.3, -0.25) is 0 Å². The fourth-order valence-corrected chi connectivity index (χ4v) is 3.06. The van der Waals surface area contributed by atoms with E-state index in [1.807, 2.05) is 43.3 Å². The molecule has 1 N–H and O–H groups in total. The lowest BCUT2D eigenvalue weighted by molar-refractivity contribution is 0.0544. The molecule has 26 heavy (non-hydrogen) atoms. The first-order chi connectivity index (χ1) is 12.7. The van der Waals surface area contributed by atoms with Gasteiger partial charge in [-0.1, -0.05) is 30.3 Å². The molecule has 2 aromatic rings. The number of amides is 1. The molecule has 1 aliphatic heterocycles. The third-order valence-corrected chi connectivity index (χ3v) is 4.49.